The number of rotatable bonds is 6. The summed E-state index contributed by atoms with van der Waals surface area (Å²) >= 11 is 5.99. The smallest absolute Gasteiger partial charge is 0.193 e. The lowest BCUT2D eigenvalue weighted by atomic mass is 10.1. The third-order valence-electron chi connectivity index (χ3n) is 4.19. The topological polar surface area (TPSA) is 36.9 Å². The van der Waals surface area contributed by atoms with E-state index in [1.807, 2.05) is 24.3 Å². The van der Waals surface area contributed by atoms with Crippen LogP contribution in [0.15, 0.2) is 29.3 Å². The van der Waals surface area contributed by atoms with E-state index < -0.39 is 0 Å². The summed E-state index contributed by atoms with van der Waals surface area (Å²) < 4.78 is 6.14. The van der Waals surface area contributed by atoms with Gasteiger partial charge in [-0.25, -0.2) is 0 Å². The minimum absolute atomic E-state index is 0.0379. The minimum Gasteiger partial charge on any atom is -0.371 e. The van der Waals surface area contributed by atoms with E-state index in [0.717, 1.165) is 55.1 Å². The third-order valence-corrected chi connectivity index (χ3v) is 4.44. The van der Waals surface area contributed by atoms with Crippen LogP contribution in [0.25, 0.3) is 0 Å². The minimum atomic E-state index is 0.0379. The first-order valence-electron chi connectivity index (χ1n) is 8.09. The Morgan fingerprint density at radius 1 is 1.36 bits per heavy atom. The number of nitrogens with zero attached hydrogens (tertiary/aromatic N) is 2. The lowest BCUT2D eigenvalue weighted by molar-refractivity contribution is 0.0476. The van der Waals surface area contributed by atoms with Crippen LogP contribution in [0.2, 0.25) is 5.02 Å². The predicted molar refractivity (Wildman–Crippen MR) is 90.4 cm³/mol. The van der Waals surface area contributed by atoms with Crippen molar-refractivity contribution in [3.63, 3.8) is 0 Å². The largest absolute Gasteiger partial charge is 0.371 e. The average Bonchev–Trinajstić information content (AvgIpc) is 3.34. The Kier molecular flexibility index (Phi) is 5.21. The molecule has 1 aromatic rings. The van der Waals surface area contributed by atoms with Crippen molar-refractivity contribution < 1.29 is 4.74 Å². The second-order valence-electron chi connectivity index (χ2n) is 6.18. The molecule has 22 heavy (non-hydrogen) atoms. The van der Waals surface area contributed by atoms with Crippen LogP contribution in [0.3, 0.4) is 0 Å². The normalized spacial score (nSPS) is 19.7. The maximum absolute atomic E-state index is 6.14. The molecule has 1 atom stereocenters. The van der Waals surface area contributed by atoms with E-state index in [-0.39, 0.29) is 6.10 Å². The van der Waals surface area contributed by atoms with Crippen LogP contribution in [0.1, 0.15) is 30.9 Å². The Labute approximate surface area is 137 Å². The molecule has 1 aliphatic heterocycles. The van der Waals surface area contributed by atoms with Crippen molar-refractivity contribution in [2.45, 2.75) is 25.4 Å². The number of hydrogen-bond donors (Lipinski definition) is 1. The quantitative estimate of drug-likeness (QED) is 0.874. The molecule has 0 bridgehead atoms. The van der Waals surface area contributed by atoms with Gasteiger partial charge in [-0.15, -0.1) is 0 Å². The molecule has 0 saturated heterocycles. The molecule has 1 unspecified atom stereocenters. The molecule has 0 aromatic heterocycles. The van der Waals surface area contributed by atoms with Crippen molar-refractivity contribution in [3.05, 3.63) is 34.9 Å². The van der Waals surface area contributed by atoms with Crippen LogP contribution in [0.4, 0.5) is 0 Å². The summed E-state index contributed by atoms with van der Waals surface area (Å²) in [5.74, 6) is 1.73. The Balaban J connectivity index is 1.62. The van der Waals surface area contributed by atoms with E-state index in [1.165, 1.54) is 12.8 Å². The van der Waals surface area contributed by atoms with Gasteiger partial charge < -0.3 is 15.0 Å². The van der Waals surface area contributed by atoms with E-state index >= 15 is 0 Å². The second-order valence-corrected chi connectivity index (χ2v) is 6.61. The Morgan fingerprint density at radius 3 is 2.82 bits per heavy atom. The summed E-state index contributed by atoms with van der Waals surface area (Å²) in [5.41, 5.74) is 1.16. The van der Waals surface area contributed by atoms with Crippen molar-refractivity contribution in [2.24, 2.45) is 10.9 Å². The first kappa shape index (κ1) is 15.6. The second kappa shape index (κ2) is 7.34. The van der Waals surface area contributed by atoms with Gasteiger partial charge in [0.05, 0.1) is 12.7 Å². The van der Waals surface area contributed by atoms with Crippen LogP contribution in [0.5, 0.6) is 0 Å². The molecule has 0 radical (unpaired) electrons. The molecular weight excluding hydrogens is 298 g/mol. The zero-order valence-electron chi connectivity index (χ0n) is 13.1. The van der Waals surface area contributed by atoms with Gasteiger partial charge in [0.15, 0.2) is 5.96 Å². The zero-order chi connectivity index (χ0) is 15.4. The van der Waals surface area contributed by atoms with Crippen LogP contribution in [-0.2, 0) is 4.74 Å². The monoisotopic (exact) mass is 321 g/mol. The molecule has 1 N–H and O–H groups in total. The van der Waals surface area contributed by atoms with Gasteiger partial charge in [-0.1, -0.05) is 23.7 Å². The lowest BCUT2D eigenvalue weighted by Gasteiger charge is -2.27. The Morgan fingerprint density at radius 2 is 2.14 bits per heavy atom. The number of hydrogen-bond acceptors (Lipinski definition) is 4. The predicted octanol–water partition coefficient (Wildman–Crippen LogP) is 3.09. The molecule has 1 saturated carbocycles. The number of benzene rings is 1. The van der Waals surface area contributed by atoms with E-state index in [1.54, 1.807) is 0 Å². The summed E-state index contributed by atoms with van der Waals surface area (Å²) in [7, 11) is 2.08. The van der Waals surface area contributed by atoms with E-state index in [2.05, 4.69) is 22.3 Å². The number of aliphatic imine (C=N–C) groups is 1. The van der Waals surface area contributed by atoms with E-state index in [4.69, 9.17) is 16.3 Å². The van der Waals surface area contributed by atoms with E-state index in [9.17, 15) is 0 Å². The van der Waals surface area contributed by atoms with Crippen molar-refractivity contribution >= 4 is 17.6 Å². The Hall–Kier alpha value is -1.26. The van der Waals surface area contributed by atoms with Crippen molar-refractivity contribution in [2.75, 3.05) is 33.3 Å². The average molecular weight is 322 g/mol. The molecule has 0 amide bonds. The zero-order valence-corrected chi connectivity index (χ0v) is 13.9. The van der Waals surface area contributed by atoms with Crippen molar-refractivity contribution in [3.8, 4) is 0 Å². The molecule has 1 aliphatic carbocycles. The summed E-state index contributed by atoms with van der Waals surface area (Å²) in [4.78, 5) is 6.72. The molecule has 1 fully saturated rings. The maximum Gasteiger partial charge on any atom is 0.193 e. The fraction of sp³-hybridized carbons (Fsp3) is 0.588. The molecule has 1 heterocycles. The number of nitrogens with one attached hydrogen (secondary N) is 1. The van der Waals surface area contributed by atoms with Crippen molar-refractivity contribution in [1.29, 1.82) is 0 Å². The first-order valence-corrected chi connectivity index (χ1v) is 8.46. The summed E-state index contributed by atoms with van der Waals surface area (Å²) in [6.45, 7) is 3.54. The molecular formula is C17H24ClN3O. The van der Waals surface area contributed by atoms with Crippen LogP contribution in [0, 0.1) is 5.92 Å². The fourth-order valence-electron chi connectivity index (χ4n) is 2.58. The van der Waals surface area contributed by atoms with Crippen LogP contribution >= 0.6 is 11.6 Å². The molecule has 1 aromatic carbocycles. The molecule has 0 spiro atoms. The number of ether oxygens (including phenoxy) is 1. The standard InChI is InChI=1S/C17H24ClN3O/c1-21-10-2-9-19-17(21)20-11-16(22-12-13-3-4-13)14-5-7-15(18)8-6-14/h5-8,13,16H,2-4,9-12H2,1H3,(H,19,20). The van der Waals surface area contributed by atoms with Gasteiger partial charge in [0, 0.05) is 31.7 Å². The highest BCUT2D eigenvalue weighted by atomic mass is 35.5. The highest BCUT2D eigenvalue weighted by molar-refractivity contribution is 6.30. The molecule has 5 heteroatoms. The van der Waals surface area contributed by atoms with Crippen LogP contribution in [-0.4, -0.2) is 44.1 Å². The number of halogens is 1. The van der Waals surface area contributed by atoms with Gasteiger partial charge in [-0.2, -0.15) is 0 Å². The molecule has 3 rings (SSSR count). The van der Waals surface area contributed by atoms with Gasteiger partial charge in [-0.3, -0.25) is 4.99 Å². The maximum atomic E-state index is 6.14. The van der Waals surface area contributed by atoms with Gasteiger partial charge in [-0.05, 0) is 42.9 Å². The van der Waals surface area contributed by atoms with E-state index in [0.29, 0.717) is 0 Å². The lowest BCUT2D eigenvalue weighted by Crippen LogP contribution is -2.43. The van der Waals surface area contributed by atoms with Crippen LogP contribution < -0.4 is 5.32 Å². The molecule has 4 nitrogen and oxygen atoms in total. The summed E-state index contributed by atoms with van der Waals surface area (Å²) in [5, 5.41) is 4.21. The first-order chi connectivity index (χ1) is 10.7. The third kappa shape index (κ3) is 4.37. The fourth-order valence-corrected chi connectivity index (χ4v) is 2.71. The highest BCUT2D eigenvalue weighted by Gasteiger charge is 2.24. The Bertz CT molecular complexity index is 513. The number of guanidine groups is 1. The highest BCUT2D eigenvalue weighted by Crippen LogP contribution is 2.31. The van der Waals surface area contributed by atoms with Gasteiger partial charge in [0.1, 0.15) is 0 Å². The van der Waals surface area contributed by atoms with Gasteiger partial charge in [0.2, 0.25) is 0 Å². The molecule has 120 valence electrons. The summed E-state index contributed by atoms with van der Waals surface area (Å²) in [6, 6.07) is 7.95. The molecule has 2 aliphatic rings. The van der Waals surface area contributed by atoms with Gasteiger partial charge >= 0.3 is 0 Å². The summed E-state index contributed by atoms with van der Waals surface area (Å²) in [6.07, 6.45) is 3.77. The van der Waals surface area contributed by atoms with Gasteiger partial charge in [0.25, 0.3) is 0 Å². The van der Waals surface area contributed by atoms with Crippen molar-refractivity contribution in [1.82, 2.24) is 10.2 Å². The SMILES string of the molecule is CN1CCCN=C1NCC(OCC1CC1)c1ccc(Cl)cc1.